The lowest BCUT2D eigenvalue weighted by Crippen LogP contribution is -2.49. The van der Waals surface area contributed by atoms with Gasteiger partial charge in [-0.3, -0.25) is 9.05 Å². The average Bonchev–Trinajstić information content (AvgIpc) is 2.41. The van der Waals surface area contributed by atoms with Gasteiger partial charge in [-0.15, -0.1) is 0 Å². The molecule has 0 bridgehead atoms. The van der Waals surface area contributed by atoms with Crippen LogP contribution in [0.1, 0.15) is 73.6 Å². The van der Waals surface area contributed by atoms with Crippen molar-refractivity contribution in [3.63, 3.8) is 0 Å². The summed E-state index contributed by atoms with van der Waals surface area (Å²) in [7, 11) is -9.49. The van der Waals surface area contributed by atoms with Crippen molar-refractivity contribution >= 4 is 15.6 Å². The monoisotopic (exact) mass is 420 g/mol. The van der Waals surface area contributed by atoms with Crippen molar-refractivity contribution in [1.29, 1.82) is 0 Å². The molecule has 3 atom stereocenters. The predicted octanol–water partition coefficient (Wildman–Crippen LogP) is 3.51. The fourth-order valence-electron chi connectivity index (χ4n) is 2.81. The molecule has 0 aromatic heterocycles. The number of hydrogen-bond donors (Lipinski definition) is 4. The topological polar surface area (TPSA) is 143 Å². The van der Waals surface area contributed by atoms with E-state index in [1.165, 1.54) is 13.8 Å². The quantitative estimate of drug-likeness (QED) is 0.329. The minimum atomic E-state index is -4.75. The van der Waals surface area contributed by atoms with Crippen LogP contribution in [0.2, 0.25) is 0 Å². The highest BCUT2D eigenvalue weighted by Gasteiger charge is 2.44. The van der Waals surface area contributed by atoms with Crippen molar-refractivity contribution in [2.24, 2.45) is 0 Å². The second-order valence-corrected chi connectivity index (χ2v) is 9.45. The van der Waals surface area contributed by atoms with E-state index in [-0.39, 0.29) is 6.42 Å². The van der Waals surface area contributed by atoms with Gasteiger partial charge >= 0.3 is 15.6 Å². The third kappa shape index (κ3) is 9.40. The van der Waals surface area contributed by atoms with Crippen LogP contribution in [-0.2, 0) is 22.9 Å². The molecule has 26 heavy (non-hydrogen) atoms. The van der Waals surface area contributed by atoms with Crippen molar-refractivity contribution in [3.05, 3.63) is 0 Å². The van der Waals surface area contributed by atoms with E-state index in [2.05, 4.69) is 0 Å². The smallest absolute Gasteiger partial charge is 0.369 e. The van der Waals surface area contributed by atoms with Crippen LogP contribution >= 0.6 is 15.6 Å². The molecule has 0 aromatic rings. The van der Waals surface area contributed by atoms with E-state index in [0.717, 1.165) is 0 Å². The van der Waals surface area contributed by atoms with E-state index >= 15 is 0 Å². The van der Waals surface area contributed by atoms with Crippen molar-refractivity contribution in [2.75, 3.05) is 0 Å². The number of phosphoric ester groups is 2. The van der Waals surface area contributed by atoms with Crippen LogP contribution in [0.25, 0.3) is 0 Å². The SMILES string of the molecule is CCCC(OC(CCC)C(C)(CC)OP(=O)(O)O)C(C)(C)OP(=O)(O)O. The molecule has 158 valence electrons. The van der Waals surface area contributed by atoms with Gasteiger partial charge in [0.1, 0.15) is 11.2 Å². The normalized spacial score (nSPS) is 18.4. The van der Waals surface area contributed by atoms with Gasteiger partial charge in [-0.1, -0.05) is 33.6 Å². The molecule has 0 radical (unpaired) electrons. The maximum Gasteiger partial charge on any atom is 0.470 e. The molecule has 0 aliphatic rings. The van der Waals surface area contributed by atoms with Gasteiger partial charge in [-0.2, -0.15) is 0 Å². The van der Waals surface area contributed by atoms with Gasteiger partial charge in [0.2, 0.25) is 0 Å². The Kier molecular flexibility index (Phi) is 10.2. The molecule has 9 nitrogen and oxygen atoms in total. The minimum absolute atomic E-state index is 0.279. The second kappa shape index (κ2) is 10.1. The molecule has 0 aliphatic carbocycles. The van der Waals surface area contributed by atoms with Crippen molar-refractivity contribution in [3.8, 4) is 0 Å². The molecule has 0 aromatic carbocycles. The number of ether oxygens (including phenoxy) is 1. The maximum absolute atomic E-state index is 11.4. The van der Waals surface area contributed by atoms with Crippen molar-refractivity contribution in [1.82, 2.24) is 0 Å². The molecule has 0 aliphatic heterocycles. The van der Waals surface area contributed by atoms with E-state index in [9.17, 15) is 28.7 Å². The number of hydrogen-bond acceptors (Lipinski definition) is 5. The Balaban J connectivity index is 5.68. The summed E-state index contributed by atoms with van der Waals surface area (Å²) in [6, 6.07) is 0. The highest BCUT2D eigenvalue weighted by molar-refractivity contribution is 7.46. The Morgan fingerprint density at radius 2 is 1.23 bits per heavy atom. The number of rotatable bonds is 13. The third-order valence-electron chi connectivity index (χ3n) is 4.27. The summed E-state index contributed by atoms with van der Waals surface area (Å²) in [5.74, 6) is 0. The lowest BCUT2D eigenvalue weighted by atomic mass is 9.91. The molecule has 11 heteroatoms. The van der Waals surface area contributed by atoms with E-state index in [0.29, 0.717) is 25.7 Å². The second-order valence-electron chi connectivity index (χ2n) is 7.12. The van der Waals surface area contributed by atoms with Gasteiger partial charge in [-0.05, 0) is 40.0 Å². The molecular formula is C15H34O9P2. The summed E-state index contributed by atoms with van der Waals surface area (Å²) in [5.41, 5.74) is -2.57. The van der Waals surface area contributed by atoms with Crippen LogP contribution < -0.4 is 0 Å². The Hall–Kier alpha value is 0.180. The maximum atomic E-state index is 11.4. The molecule has 3 unspecified atom stereocenters. The first-order chi connectivity index (χ1) is 11.6. The van der Waals surface area contributed by atoms with E-state index in [4.69, 9.17) is 13.8 Å². The molecule has 4 N–H and O–H groups in total. The summed E-state index contributed by atoms with van der Waals surface area (Å²) < 4.78 is 38.7. The zero-order valence-corrected chi connectivity index (χ0v) is 18.2. The van der Waals surface area contributed by atoms with Crippen LogP contribution in [-0.4, -0.2) is 43.0 Å². The van der Waals surface area contributed by atoms with Crippen LogP contribution in [0.15, 0.2) is 0 Å². The highest BCUT2D eigenvalue weighted by Crippen LogP contribution is 2.47. The predicted molar refractivity (Wildman–Crippen MR) is 97.5 cm³/mol. The Morgan fingerprint density at radius 3 is 1.58 bits per heavy atom. The van der Waals surface area contributed by atoms with E-state index in [1.54, 1.807) is 13.8 Å². The summed E-state index contributed by atoms with van der Waals surface area (Å²) >= 11 is 0. The summed E-state index contributed by atoms with van der Waals surface area (Å²) in [4.78, 5) is 36.9. The molecule has 0 saturated heterocycles. The fraction of sp³-hybridized carbons (Fsp3) is 1.00. The van der Waals surface area contributed by atoms with Crippen molar-refractivity contribution in [2.45, 2.75) is 97.1 Å². The highest BCUT2D eigenvalue weighted by atomic mass is 31.2. The van der Waals surface area contributed by atoms with Gasteiger partial charge in [0.25, 0.3) is 0 Å². The first-order valence-corrected chi connectivity index (χ1v) is 11.8. The lowest BCUT2D eigenvalue weighted by molar-refractivity contribution is -0.170. The average molecular weight is 420 g/mol. The first kappa shape index (κ1) is 26.2. The Bertz CT molecular complexity index is 513. The van der Waals surface area contributed by atoms with E-state index in [1.807, 2.05) is 13.8 Å². The van der Waals surface area contributed by atoms with Crippen LogP contribution in [0.5, 0.6) is 0 Å². The zero-order chi connectivity index (χ0) is 20.8. The van der Waals surface area contributed by atoms with Gasteiger partial charge in [-0.25, -0.2) is 9.13 Å². The van der Waals surface area contributed by atoms with Gasteiger partial charge in [0.05, 0.1) is 12.2 Å². The van der Waals surface area contributed by atoms with E-state index < -0.39 is 39.1 Å². The van der Waals surface area contributed by atoms with Gasteiger partial charge in [0.15, 0.2) is 0 Å². The van der Waals surface area contributed by atoms with Crippen LogP contribution in [0.4, 0.5) is 0 Å². The van der Waals surface area contributed by atoms with Gasteiger partial charge < -0.3 is 24.3 Å². The molecular weight excluding hydrogens is 386 g/mol. The molecule has 0 amide bonds. The summed E-state index contributed by atoms with van der Waals surface area (Å²) in [6.45, 7) is 10.1. The zero-order valence-electron chi connectivity index (χ0n) is 16.4. The lowest BCUT2D eigenvalue weighted by Gasteiger charge is -2.42. The Labute approximate surface area is 155 Å². The fourth-order valence-corrected chi connectivity index (χ4v) is 4.33. The largest absolute Gasteiger partial charge is 0.470 e. The Morgan fingerprint density at radius 1 is 0.808 bits per heavy atom. The third-order valence-corrected chi connectivity index (χ3v) is 5.63. The van der Waals surface area contributed by atoms with Crippen LogP contribution in [0.3, 0.4) is 0 Å². The molecule has 0 fully saturated rings. The molecule has 0 spiro atoms. The molecule has 0 saturated carbocycles. The van der Waals surface area contributed by atoms with Gasteiger partial charge in [0, 0.05) is 0 Å². The summed E-state index contributed by atoms with van der Waals surface area (Å²) in [5, 5.41) is 0. The molecule has 0 heterocycles. The number of phosphoric acid groups is 2. The van der Waals surface area contributed by atoms with Crippen molar-refractivity contribution < 1.29 is 42.5 Å². The van der Waals surface area contributed by atoms with Crippen LogP contribution in [0, 0.1) is 0 Å². The standard InChI is InChI=1S/C15H34O9P2/c1-7-10-12(14(4,5)23-25(16,17)18)22-13(11-8-2)15(6,9-3)24-26(19,20)21/h12-13H,7-11H2,1-6H3,(H2,16,17,18)(H2,19,20,21). The first-order valence-electron chi connectivity index (χ1n) is 8.78. The minimum Gasteiger partial charge on any atom is -0.369 e. The molecule has 0 rings (SSSR count). The summed E-state index contributed by atoms with van der Waals surface area (Å²) in [6.07, 6.45) is 1.12.